The predicted octanol–water partition coefficient (Wildman–Crippen LogP) is 2.19. The first-order valence-corrected chi connectivity index (χ1v) is 5.13. The Hall–Kier alpha value is -1.55. The number of hydrogen-bond donors (Lipinski definition) is 2. The fraction of sp³-hybridized carbons (Fsp3) is 0.417. The van der Waals surface area contributed by atoms with Crippen LogP contribution >= 0.6 is 0 Å². The average molecular weight is 223 g/mol. The summed E-state index contributed by atoms with van der Waals surface area (Å²) in [5.41, 5.74) is 1.21. The van der Waals surface area contributed by atoms with Gasteiger partial charge in [-0.15, -0.1) is 0 Å². The van der Waals surface area contributed by atoms with E-state index in [4.69, 9.17) is 9.52 Å². The van der Waals surface area contributed by atoms with Crippen molar-refractivity contribution in [1.29, 1.82) is 0 Å². The molecule has 0 bridgehead atoms. The predicted molar refractivity (Wildman–Crippen MR) is 61.4 cm³/mol. The normalized spacial score (nSPS) is 12.4. The maximum absolute atomic E-state index is 10.6. The fourth-order valence-corrected chi connectivity index (χ4v) is 1.54. The van der Waals surface area contributed by atoms with Gasteiger partial charge in [0.15, 0.2) is 0 Å². The number of nitrogens with one attached hydrogen (secondary N) is 1. The Bertz CT molecular complexity index is 406. The molecule has 88 valence electrons. The molecule has 4 heteroatoms. The van der Waals surface area contributed by atoms with E-state index < -0.39 is 5.97 Å². The van der Waals surface area contributed by atoms with Crippen LogP contribution in [0, 0.1) is 13.8 Å². The van der Waals surface area contributed by atoms with E-state index in [1.807, 2.05) is 26.8 Å². The molecule has 1 unspecified atom stereocenters. The molecule has 1 atom stereocenters. The highest BCUT2D eigenvalue weighted by Crippen LogP contribution is 2.21. The van der Waals surface area contributed by atoms with E-state index in [9.17, 15) is 4.79 Å². The second-order valence-corrected chi connectivity index (χ2v) is 3.88. The Labute approximate surface area is 95.0 Å². The molecule has 1 aromatic rings. The topological polar surface area (TPSA) is 62.5 Å². The van der Waals surface area contributed by atoms with Gasteiger partial charge in [0.1, 0.15) is 11.5 Å². The number of carboxylic acids is 1. The summed E-state index contributed by atoms with van der Waals surface area (Å²) in [7, 11) is 0. The standard InChI is InChI=1S/C12H17NO3/c1-7(12(14)15)6-13-9(3)11-5-8(2)16-10(11)4/h5,9,13H,1,6H2,2-4H3,(H,14,15). The van der Waals surface area contributed by atoms with E-state index >= 15 is 0 Å². The number of hydrogen-bond acceptors (Lipinski definition) is 3. The molecule has 0 aliphatic rings. The van der Waals surface area contributed by atoms with Crippen LogP contribution in [0.15, 0.2) is 22.6 Å². The van der Waals surface area contributed by atoms with Gasteiger partial charge < -0.3 is 14.8 Å². The van der Waals surface area contributed by atoms with E-state index in [0.29, 0.717) is 0 Å². The minimum Gasteiger partial charge on any atom is -0.478 e. The summed E-state index contributed by atoms with van der Waals surface area (Å²) >= 11 is 0. The van der Waals surface area contributed by atoms with Gasteiger partial charge in [-0.3, -0.25) is 0 Å². The molecule has 1 heterocycles. The molecule has 0 amide bonds. The summed E-state index contributed by atoms with van der Waals surface area (Å²) in [6.45, 7) is 9.47. The van der Waals surface area contributed by atoms with Crippen molar-refractivity contribution < 1.29 is 14.3 Å². The molecule has 0 radical (unpaired) electrons. The number of aliphatic carboxylic acids is 1. The summed E-state index contributed by atoms with van der Waals surface area (Å²) in [5.74, 6) is 0.747. The summed E-state index contributed by atoms with van der Waals surface area (Å²) in [4.78, 5) is 10.6. The summed E-state index contributed by atoms with van der Waals surface area (Å²) in [6.07, 6.45) is 0. The van der Waals surface area contributed by atoms with Gasteiger partial charge in [0, 0.05) is 23.7 Å². The molecule has 1 aromatic heterocycles. The van der Waals surface area contributed by atoms with E-state index in [1.54, 1.807) is 0 Å². The minimum absolute atomic E-state index is 0.0496. The zero-order valence-corrected chi connectivity index (χ0v) is 9.83. The lowest BCUT2D eigenvalue weighted by Crippen LogP contribution is -2.23. The third-order valence-corrected chi connectivity index (χ3v) is 2.47. The van der Waals surface area contributed by atoms with E-state index in [0.717, 1.165) is 17.1 Å². The first kappa shape index (κ1) is 12.5. The smallest absolute Gasteiger partial charge is 0.332 e. The first-order valence-electron chi connectivity index (χ1n) is 5.13. The van der Waals surface area contributed by atoms with Gasteiger partial charge in [0.05, 0.1) is 0 Å². The number of carboxylic acid groups (broad SMARTS) is 1. The molecule has 0 spiro atoms. The van der Waals surface area contributed by atoms with Crippen molar-refractivity contribution >= 4 is 5.97 Å². The van der Waals surface area contributed by atoms with Gasteiger partial charge in [-0.25, -0.2) is 4.79 Å². The number of aryl methyl sites for hydroxylation is 2. The van der Waals surface area contributed by atoms with Gasteiger partial charge in [0.25, 0.3) is 0 Å². The summed E-state index contributed by atoms with van der Waals surface area (Å²) in [5, 5.41) is 11.8. The number of rotatable bonds is 5. The van der Waals surface area contributed by atoms with Crippen molar-refractivity contribution in [3.8, 4) is 0 Å². The second-order valence-electron chi connectivity index (χ2n) is 3.88. The molecule has 1 rings (SSSR count). The van der Waals surface area contributed by atoms with Crippen molar-refractivity contribution in [2.24, 2.45) is 0 Å². The highest BCUT2D eigenvalue weighted by Gasteiger charge is 2.13. The Morgan fingerprint density at radius 1 is 1.62 bits per heavy atom. The molecular formula is C12H17NO3. The number of carbonyl (C=O) groups is 1. The van der Waals surface area contributed by atoms with Crippen LogP contribution in [0.2, 0.25) is 0 Å². The highest BCUT2D eigenvalue weighted by molar-refractivity contribution is 5.86. The molecule has 0 saturated heterocycles. The Morgan fingerprint density at radius 3 is 2.69 bits per heavy atom. The lowest BCUT2D eigenvalue weighted by atomic mass is 10.1. The van der Waals surface area contributed by atoms with Crippen LogP contribution in [0.1, 0.15) is 30.0 Å². The van der Waals surface area contributed by atoms with E-state index in [-0.39, 0.29) is 18.2 Å². The van der Waals surface area contributed by atoms with Crippen molar-refractivity contribution in [2.45, 2.75) is 26.8 Å². The summed E-state index contributed by atoms with van der Waals surface area (Å²) < 4.78 is 5.41. The monoisotopic (exact) mass is 223 g/mol. The van der Waals surface area contributed by atoms with Crippen molar-refractivity contribution in [1.82, 2.24) is 5.32 Å². The molecule has 0 aliphatic heterocycles. The molecule has 0 aliphatic carbocycles. The third kappa shape index (κ3) is 2.97. The van der Waals surface area contributed by atoms with Crippen molar-refractivity contribution in [2.75, 3.05) is 6.54 Å². The second kappa shape index (κ2) is 4.99. The van der Waals surface area contributed by atoms with E-state index in [2.05, 4.69) is 11.9 Å². The third-order valence-electron chi connectivity index (χ3n) is 2.47. The maximum atomic E-state index is 10.6. The molecule has 4 nitrogen and oxygen atoms in total. The van der Waals surface area contributed by atoms with Gasteiger partial charge in [0.2, 0.25) is 0 Å². The van der Waals surface area contributed by atoms with E-state index in [1.165, 1.54) is 0 Å². The van der Waals surface area contributed by atoms with Crippen LogP contribution < -0.4 is 5.32 Å². The van der Waals surface area contributed by atoms with Gasteiger partial charge in [-0.1, -0.05) is 6.58 Å². The average Bonchev–Trinajstić information content (AvgIpc) is 2.53. The van der Waals surface area contributed by atoms with Crippen molar-refractivity contribution in [3.63, 3.8) is 0 Å². The van der Waals surface area contributed by atoms with Crippen LogP contribution in [0.25, 0.3) is 0 Å². The fourth-order valence-electron chi connectivity index (χ4n) is 1.54. The maximum Gasteiger partial charge on any atom is 0.332 e. The highest BCUT2D eigenvalue weighted by atomic mass is 16.4. The quantitative estimate of drug-likeness (QED) is 0.751. The summed E-state index contributed by atoms with van der Waals surface area (Å²) in [6, 6.07) is 2.00. The SMILES string of the molecule is C=C(CNC(C)c1cc(C)oc1C)C(=O)O. The zero-order valence-electron chi connectivity index (χ0n) is 9.83. The van der Waals surface area contributed by atoms with Crippen LogP contribution in [0.3, 0.4) is 0 Å². The molecule has 16 heavy (non-hydrogen) atoms. The number of furan rings is 1. The zero-order chi connectivity index (χ0) is 12.3. The Kier molecular flexibility index (Phi) is 3.90. The van der Waals surface area contributed by atoms with Crippen molar-refractivity contribution in [3.05, 3.63) is 35.3 Å². The van der Waals surface area contributed by atoms with Crippen LogP contribution in [-0.2, 0) is 4.79 Å². The van der Waals surface area contributed by atoms with Gasteiger partial charge in [-0.2, -0.15) is 0 Å². The Balaban J connectivity index is 2.59. The molecular weight excluding hydrogens is 206 g/mol. The van der Waals surface area contributed by atoms with Crippen LogP contribution in [0.5, 0.6) is 0 Å². The lowest BCUT2D eigenvalue weighted by Gasteiger charge is -2.12. The van der Waals surface area contributed by atoms with Gasteiger partial charge >= 0.3 is 5.97 Å². The van der Waals surface area contributed by atoms with Gasteiger partial charge in [-0.05, 0) is 26.8 Å². The molecule has 0 saturated carbocycles. The molecule has 0 aromatic carbocycles. The molecule has 2 N–H and O–H groups in total. The minimum atomic E-state index is -0.972. The Morgan fingerprint density at radius 2 is 2.25 bits per heavy atom. The largest absolute Gasteiger partial charge is 0.478 e. The first-order chi connectivity index (χ1) is 7.41. The van der Waals surface area contributed by atoms with Crippen LogP contribution in [0.4, 0.5) is 0 Å². The van der Waals surface area contributed by atoms with Crippen LogP contribution in [-0.4, -0.2) is 17.6 Å². The lowest BCUT2D eigenvalue weighted by molar-refractivity contribution is -0.132. The molecule has 0 fully saturated rings.